The number of fused-ring (bicyclic) bond motifs is 1. The standard InChI is InChI=1S/C17H24N2O/c1-12-7-13(2)11-19(10-12)17(20)8-14-9-18-16-6-4-3-5-15(14)16/h3-6,12-14,18H,7-11H2,1-2H3. The molecule has 2 aliphatic heterocycles. The van der Waals surface area contributed by atoms with E-state index in [2.05, 4.69) is 42.3 Å². The minimum absolute atomic E-state index is 0.326. The highest BCUT2D eigenvalue weighted by Crippen LogP contribution is 2.34. The number of anilines is 1. The number of likely N-dealkylation sites (tertiary alicyclic amines) is 1. The van der Waals surface area contributed by atoms with E-state index in [0.717, 1.165) is 19.6 Å². The van der Waals surface area contributed by atoms with Gasteiger partial charge in [0.1, 0.15) is 0 Å². The van der Waals surface area contributed by atoms with Crippen molar-refractivity contribution in [1.29, 1.82) is 0 Å². The molecule has 1 aromatic rings. The van der Waals surface area contributed by atoms with Gasteiger partial charge in [0.15, 0.2) is 0 Å². The lowest BCUT2D eigenvalue weighted by molar-refractivity contribution is -0.134. The molecule has 0 aromatic heterocycles. The van der Waals surface area contributed by atoms with Crippen molar-refractivity contribution in [2.24, 2.45) is 11.8 Å². The maximum Gasteiger partial charge on any atom is 0.223 e. The molecule has 108 valence electrons. The third-order valence-electron chi connectivity index (χ3n) is 4.58. The summed E-state index contributed by atoms with van der Waals surface area (Å²) in [5, 5.41) is 3.41. The first-order valence-electron chi connectivity index (χ1n) is 7.74. The van der Waals surface area contributed by atoms with Crippen LogP contribution >= 0.6 is 0 Å². The van der Waals surface area contributed by atoms with Crippen molar-refractivity contribution in [3.63, 3.8) is 0 Å². The molecule has 0 aliphatic carbocycles. The van der Waals surface area contributed by atoms with Crippen molar-refractivity contribution in [3.05, 3.63) is 29.8 Å². The zero-order valence-corrected chi connectivity index (χ0v) is 12.4. The Morgan fingerprint density at radius 1 is 1.25 bits per heavy atom. The van der Waals surface area contributed by atoms with Gasteiger partial charge in [0, 0.05) is 37.7 Å². The van der Waals surface area contributed by atoms with Crippen LogP contribution in [-0.4, -0.2) is 30.4 Å². The molecule has 3 nitrogen and oxygen atoms in total. The molecule has 3 rings (SSSR count). The van der Waals surface area contributed by atoms with Gasteiger partial charge in [0.25, 0.3) is 0 Å². The Hall–Kier alpha value is -1.51. The van der Waals surface area contributed by atoms with E-state index in [1.165, 1.54) is 17.7 Å². The quantitative estimate of drug-likeness (QED) is 0.897. The van der Waals surface area contributed by atoms with Gasteiger partial charge >= 0.3 is 0 Å². The highest BCUT2D eigenvalue weighted by atomic mass is 16.2. The van der Waals surface area contributed by atoms with Crippen LogP contribution in [0.4, 0.5) is 5.69 Å². The van der Waals surface area contributed by atoms with Crippen molar-refractivity contribution in [1.82, 2.24) is 4.90 Å². The van der Waals surface area contributed by atoms with E-state index in [4.69, 9.17) is 0 Å². The fourth-order valence-electron chi connectivity index (χ4n) is 3.75. The van der Waals surface area contributed by atoms with E-state index in [1.54, 1.807) is 0 Å². The number of hydrogen-bond acceptors (Lipinski definition) is 2. The fourth-order valence-corrected chi connectivity index (χ4v) is 3.75. The molecule has 1 fully saturated rings. The second kappa shape index (κ2) is 5.47. The molecule has 1 saturated heterocycles. The smallest absolute Gasteiger partial charge is 0.223 e. The molecule has 2 aliphatic rings. The predicted molar refractivity (Wildman–Crippen MR) is 81.8 cm³/mol. The van der Waals surface area contributed by atoms with Gasteiger partial charge in [-0.05, 0) is 29.9 Å². The number of amides is 1. The van der Waals surface area contributed by atoms with Gasteiger partial charge in [0.2, 0.25) is 5.91 Å². The highest BCUT2D eigenvalue weighted by molar-refractivity contribution is 5.78. The first-order chi connectivity index (χ1) is 9.63. The Kier molecular flexibility index (Phi) is 3.68. The van der Waals surface area contributed by atoms with Gasteiger partial charge in [-0.15, -0.1) is 0 Å². The molecule has 0 radical (unpaired) electrons. The minimum Gasteiger partial charge on any atom is -0.384 e. The van der Waals surface area contributed by atoms with Gasteiger partial charge < -0.3 is 10.2 Å². The largest absolute Gasteiger partial charge is 0.384 e. The number of nitrogens with one attached hydrogen (secondary N) is 1. The summed E-state index contributed by atoms with van der Waals surface area (Å²) in [6.45, 7) is 7.27. The number of carbonyl (C=O) groups is 1. The molecule has 1 amide bonds. The van der Waals surface area contributed by atoms with Gasteiger partial charge in [0.05, 0.1) is 0 Å². The van der Waals surface area contributed by atoms with Crippen LogP contribution in [0.2, 0.25) is 0 Å². The van der Waals surface area contributed by atoms with Crippen LogP contribution < -0.4 is 5.32 Å². The van der Waals surface area contributed by atoms with Crippen LogP contribution in [-0.2, 0) is 4.79 Å². The second-order valence-electron chi connectivity index (χ2n) is 6.61. The first-order valence-corrected chi connectivity index (χ1v) is 7.74. The number of carbonyl (C=O) groups excluding carboxylic acids is 1. The number of piperidine rings is 1. The van der Waals surface area contributed by atoms with Crippen molar-refractivity contribution in [2.75, 3.05) is 25.0 Å². The monoisotopic (exact) mass is 272 g/mol. The first kappa shape index (κ1) is 13.5. The summed E-state index contributed by atoms with van der Waals surface area (Å²) in [6.07, 6.45) is 1.89. The second-order valence-corrected chi connectivity index (χ2v) is 6.61. The van der Waals surface area contributed by atoms with E-state index in [9.17, 15) is 4.79 Å². The Morgan fingerprint density at radius 3 is 2.70 bits per heavy atom. The van der Waals surface area contributed by atoms with Gasteiger partial charge in [-0.2, -0.15) is 0 Å². The summed E-state index contributed by atoms with van der Waals surface area (Å²) in [6, 6.07) is 8.36. The van der Waals surface area contributed by atoms with Crippen molar-refractivity contribution < 1.29 is 4.79 Å². The minimum atomic E-state index is 0.326. The summed E-state index contributed by atoms with van der Waals surface area (Å²) < 4.78 is 0. The zero-order chi connectivity index (χ0) is 14.1. The Morgan fingerprint density at radius 2 is 1.95 bits per heavy atom. The Labute approximate surface area is 121 Å². The molecule has 3 atom stereocenters. The number of hydrogen-bond donors (Lipinski definition) is 1. The van der Waals surface area contributed by atoms with E-state index in [1.807, 2.05) is 6.07 Å². The zero-order valence-electron chi connectivity index (χ0n) is 12.4. The van der Waals surface area contributed by atoms with Crippen molar-refractivity contribution in [3.8, 4) is 0 Å². The summed E-state index contributed by atoms with van der Waals surface area (Å²) in [5.74, 6) is 1.94. The summed E-state index contributed by atoms with van der Waals surface area (Å²) in [7, 11) is 0. The van der Waals surface area contributed by atoms with Gasteiger partial charge in [-0.25, -0.2) is 0 Å². The average Bonchev–Trinajstić information content (AvgIpc) is 2.81. The molecule has 1 aromatic carbocycles. The van der Waals surface area contributed by atoms with Crippen LogP contribution in [0.5, 0.6) is 0 Å². The number of para-hydroxylation sites is 1. The molecule has 20 heavy (non-hydrogen) atoms. The third-order valence-corrected chi connectivity index (χ3v) is 4.58. The Bertz CT molecular complexity index is 490. The van der Waals surface area contributed by atoms with E-state index in [-0.39, 0.29) is 0 Å². The molecule has 2 heterocycles. The molecular weight excluding hydrogens is 248 g/mol. The molecule has 0 saturated carbocycles. The van der Waals surface area contributed by atoms with Crippen molar-refractivity contribution in [2.45, 2.75) is 32.6 Å². The maximum absolute atomic E-state index is 12.6. The normalized spacial score (nSPS) is 28.9. The van der Waals surface area contributed by atoms with E-state index in [0.29, 0.717) is 30.1 Å². The third kappa shape index (κ3) is 2.67. The number of benzene rings is 1. The van der Waals surface area contributed by atoms with Gasteiger partial charge in [-0.3, -0.25) is 4.79 Å². The number of nitrogens with zero attached hydrogens (tertiary/aromatic N) is 1. The predicted octanol–water partition coefficient (Wildman–Crippen LogP) is 3.09. The lowest BCUT2D eigenvalue weighted by Crippen LogP contribution is -2.43. The molecule has 0 bridgehead atoms. The van der Waals surface area contributed by atoms with Crippen LogP contribution in [0.15, 0.2) is 24.3 Å². The molecular formula is C17H24N2O. The summed E-state index contributed by atoms with van der Waals surface area (Å²) in [5.41, 5.74) is 2.50. The number of rotatable bonds is 2. The lowest BCUT2D eigenvalue weighted by atomic mass is 9.90. The Balaban J connectivity index is 1.65. The molecule has 3 unspecified atom stereocenters. The topological polar surface area (TPSA) is 32.3 Å². The van der Waals surface area contributed by atoms with Crippen molar-refractivity contribution >= 4 is 11.6 Å². The van der Waals surface area contributed by atoms with E-state index < -0.39 is 0 Å². The van der Waals surface area contributed by atoms with Crippen LogP contribution in [0.25, 0.3) is 0 Å². The molecule has 1 N–H and O–H groups in total. The fraction of sp³-hybridized carbons (Fsp3) is 0.588. The van der Waals surface area contributed by atoms with Crippen LogP contribution in [0, 0.1) is 11.8 Å². The molecule has 3 heteroatoms. The SMILES string of the molecule is CC1CC(C)CN(C(=O)CC2CNc3ccccc32)C1. The molecule has 0 spiro atoms. The highest BCUT2D eigenvalue weighted by Gasteiger charge is 2.29. The van der Waals surface area contributed by atoms with Crippen LogP contribution in [0.1, 0.15) is 38.2 Å². The summed E-state index contributed by atoms with van der Waals surface area (Å²) in [4.78, 5) is 14.6. The van der Waals surface area contributed by atoms with E-state index >= 15 is 0 Å². The average molecular weight is 272 g/mol. The maximum atomic E-state index is 12.6. The summed E-state index contributed by atoms with van der Waals surface area (Å²) >= 11 is 0. The lowest BCUT2D eigenvalue weighted by Gasteiger charge is -2.35. The van der Waals surface area contributed by atoms with Gasteiger partial charge in [-0.1, -0.05) is 32.0 Å². The van der Waals surface area contributed by atoms with Crippen LogP contribution in [0.3, 0.4) is 0 Å².